The Hall–Kier alpha value is -2.10. The monoisotopic (exact) mass is 283 g/mol. The highest BCUT2D eigenvalue weighted by molar-refractivity contribution is 5.46. The van der Waals surface area contributed by atoms with Crippen molar-refractivity contribution in [2.45, 2.75) is 32.1 Å². The van der Waals surface area contributed by atoms with E-state index in [4.69, 9.17) is 4.74 Å². The third-order valence-corrected chi connectivity index (χ3v) is 3.78. The largest absolute Gasteiger partial charge is 0.492 e. The number of benzene rings is 1. The third-order valence-electron chi connectivity index (χ3n) is 3.78. The lowest BCUT2D eigenvalue weighted by atomic mass is 10.1. The topological polar surface area (TPSA) is 47.0 Å². The Bertz CT molecular complexity index is 572. The highest BCUT2D eigenvalue weighted by Gasteiger charge is 2.13. The van der Waals surface area contributed by atoms with Gasteiger partial charge in [0.2, 0.25) is 0 Å². The van der Waals surface area contributed by atoms with Crippen LogP contribution in [-0.4, -0.2) is 23.1 Å². The summed E-state index contributed by atoms with van der Waals surface area (Å²) in [4.78, 5) is 8.83. The summed E-state index contributed by atoms with van der Waals surface area (Å²) in [5.74, 6) is 1.89. The van der Waals surface area contributed by atoms with Crippen molar-refractivity contribution in [1.29, 1.82) is 0 Å². The lowest BCUT2D eigenvalue weighted by Gasteiger charge is -2.12. The van der Waals surface area contributed by atoms with E-state index in [1.54, 1.807) is 6.33 Å². The van der Waals surface area contributed by atoms with Crippen molar-refractivity contribution >= 4 is 5.82 Å². The van der Waals surface area contributed by atoms with Gasteiger partial charge in [-0.1, -0.05) is 24.6 Å². The van der Waals surface area contributed by atoms with Crippen LogP contribution < -0.4 is 10.1 Å². The molecule has 1 aliphatic carbocycles. The Balaban J connectivity index is 1.56. The van der Waals surface area contributed by atoms with Crippen LogP contribution in [0, 0.1) is 0 Å². The molecule has 0 saturated carbocycles. The smallest absolute Gasteiger partial charge is 0.132 e. The number of hydrogen-bond donors (Lipinski definition) is 1. The molecule has 1 aliphatic rings. The average Bonchev–Trinajstić information content (AvgIpc) is 2.78. The summed E-state index contributed by atoms with van der Waals surface area (Å²) >= 11 is 0. The summed E-state index contributed by atoms with van der Waals surface area (Å²) in [7, 11) is 0. The number of nitrogens with one attached hydrogen (secondary N) is 1. The first-order chi connectivity index (χ1) is 10.4. The van der Waals surface area contributed by atoms with Gasteiger partial charge >= 0.3 is 0 Å². The predicted molar refractivity (Wildman–Crippen MR) is 83.7 cm³/mol. The van der Waals surface area contributed by atoms with E-state index in [2.05, 4.69) is 15.3 Å². The fourth-order valence-corrected chi connectivity index (χ4v) is 2.71. The second-order valence-electron chi connectivity index (χ2n) is 5.30. The van der Waals surface area contributed by atoms with Gasteiger partial charge in [0, 0.05) is 11.3 Å². The minimum atomic E-state index is 0.628. The van der Waals surface area contributed by atoms with Crippen LogP contribution in [0.25, 0.3) is 0 Å². The maximum absolute atomic E-state index is 5.69. The van der Waals surface area contributed by atoms with E-state index in [-0.39, 0.29) is 0 Å². The number of ether oxygens (including phenoxy) is 1. The van der Waals surface area contributed by atoms with Gasteiger partial charge in [0.25, 0.3) is 0 Å². The molecule has 4 nitrogen and oxygen atoms in total. The molecule has 1 heterocycles. The van der Waals surface area contributed by atoms with Crippen LogP contribution in [0.3, 0.4) is 0 Å². The molecule has 3 rings (SSSR count). The zero-order valence-corrected chi connectivity index (χ0v) is 12.2. The fourth-order valence-electron chi connectivity index (χ4n) is 2.71. The lowest BCUT2D eigenvalue weighted by Crippen LogP contribution is -2.14. The average molecular weight is 283 g/mol. The van der Waals surface area contributed by atoms with Gasteiger partial charge in [0.05, 0.1) is 6.54 Å². The fraction of sp³-hybridized carbons (Fsp3) is 0.412. The molecule has 1 aromatic heterocycles. The first-order valence-corrected chi connectivity index (χ1v) is 7.68. The quantitative estimate of drug-likeness (QED) is 0.676. The summed E-state index contributed by atoms with van der Waals surface area (Å²) in [5.41, 5.74) is 2.52. The molecule has 0 fully saturated rings. The van der Waals surface area contributed by atoms with Gasteiger partial charge in [0.1, 0.15) is 24.5 Å². The minimum absolute atomic E-state index is 0.628. The lowest BCUT2D eigenvalue weighted by molar-refractivity contribution is 0.332. The van der Waals surface area contributed by atoms with Crippen molar-refractivity contribution in [3.8, 4) is 5.75 Å². The van der Waals surface area contributed by atoms with Crippen molar-refractivity contribution in [3.63, 3.8) is 0 Å². The SMILES string of the molecule is c1ccc(OCCNc2ncnc3c2CCCCC3)cc1. The van der Waals surface area contributed by atoms with Crippen LogP contribution in [0.15, 0.2) is 36.7 Å². The van der Waals surface area contributed by atoms with Crippen LogP contribution >= 0.6 is 0 Å². The molecule has 0 spiro atoms. The molecule has 2 aromatic rings. The summed E-state index contributed by atoms with van der Waals surface area (Å²) in [5, 5.41) is 3.39. The zero-order valence-electron chi connectivity index (χ0n) is 12.2. The molecule has 21 heavy (non-hydrogen) atoms. The zero-order chi connectivity index (χ0) is 14.3. The first-order valence-electron chi connectivity index (χ1n) is 7.68. The van der Waals surface area contributed by atoms with E-state index < -0.39 is 0 Å². The van der Waals surface area contributed by atoms with E-state index in [1.165, 1.54) is 30.5 Å². The molecule has 0 radical (unpaired) electrons. The highest BCUT2D eigenvalue weighted by atomic mass is 16.5. The second-order valence-corrected chi connectivity index (χ2v) is 5.30. The number of aromatic nitrogens is 2. The molecule has 0 unspecified atom stereocenters. The normalized spacial score (nSPS) is 14.1. The number of para-hydroxylation sites is 1. The molecule has 1 N–H and O–H groups in total. The van der Waals surface area contributed by atoms with Gasteiger partial charge in [0.15, 0.2) is 0 Å². The maximum atomic E-state index is 5.69. The Morgan fingerprint density at radius 2 is 1.86 bits per heavy atom. The Morgan fingerprint density at radius 1 is 1.00 bits per heavy atom. The van der Waals surface area contributed by atoms with Gasteiger partial charge in [-0.05, 0) is 37.8 Å². The van der Waals surface area contributed by atoms with E-state index in [0.29, 0.717) is 6.61 Å². The van der Waals surface area contributed by atoms with Crippen LogP contribution in [0.2, 0.25) is 0 Å². The van der Waals surface area contributed by atoms with E-state index in [1.807, 2.05) is 30.3 Å². The van der Waals surface area contributed by atoms with Crippen LogP contribution in [0.1, 0.15) is 30.5 Å². The number of hydrogen-bond acceptors (Lipinski definition) is 4. The van der Waals surface area contributed by atoms with Crippen LogP contribution in [0.5, 0.6) is 5.75 Å². The molecule has 0 saturated heterocycles. The highest BCUT2D eigenvalue weighted by Crippen LogP contribution is 2.23. The predicted octanol–water partition coefficient (Wildman–Crippen LogP) is 3.24. The Labute approximate surface area is 125 Å². The molecule has 0 bridgehead atoms. The van der Waals surface area contributed by atoms with E-state index in [9.17, 15) is 0 Å². The number of nitrogens with zero attached hydrogens (tertiary/aromatic N) is 2. The third kappa shape index (κ3) is 3.72. The summed E-state index contributed by atoms with van der Waals surface area (Å²) in [6, 6.07) is 9.88. The molecule has 1 aromatic carbocycles. The van der Waals surface area contributed by atoms with Gasteiger partial charge in [-0.2, -0.15) is 0 Å². The summed E-state index contributed by atoms with van der Waals surface area (Å²) in [6.07, 6.45) is 7.58. The summed E-state index contributed by atoms with van der Waals surface area (Å²) < 4.78 is 5.69. The maximum Gasteiger partial charge on any atom is 0.132 e. The van der Waals surface area contributed by atoms with E-state index >= 15 is 0 Å². The number of fused-ring (bicyclic) bond motifs is 1. The van der Waals surface area contributed by atoms with Crippen molar-refractivity contribution in [1.82, 2.24) is 9.97 Å². The van der Waals surface area contributed by atoms with Crippen molar-refractivity contribution in [2.75, 3.05) is 18.5 Å². The van der Waals surface area contributed by atoms with Crippen LogP contribution in [0.4, 0.5) is 5.82 Å². The van der Waals surface area contributed by atoms with Crippen LogP contribution in [-0.2, 0) is 12.8 Å². The second kappa shape index (κ2) is 7.07. The molecule has 0 amide bonds. The molecule has 110 valence electrons. The van der Waals surface area contributed by atoms with Gasteiger partial charge < -0.3 is 10.1 Å². The minimum Gasteiger partial charge on any atom is -0.492 e. The Morgan fingerprint density at radius 3 is 2.76 bits per heavy atom. The Kier molecular flexibility index (Phi) is 4.66. The van der Waals surface area contributed by atoms with Crippen molar-refractivity contribution in [3.05, 3.63) is 47.9 Å². The molecule has 0 atom stereocenters. The van der Waals surface area contributed by atoms with Crippen molar-refractivity contribution in [2.24, 2.45) is 0 Å². The molecule has 4 heteroatoms. The number of aryl methyl sites for hydroxylation is 1. The summed E-state index contributed by atoms with van der Waals surface area (Å²) in [6.45, 7) is 1.38. The van der Waals surface area contributed by atoms with Gasteiger partial charge in [-0.25, -0.2) is 9.97 Å². The van der Waals surface area contributed by atoms with Crippen molar-refractivity contribution < 1.29 is 4.74 Å². The number of rotatable bonds is 5. The molecular formula is C17H21N3O. The first kappa shape index (κ1) is 13.9. The van der Waals surface area contributed by atoms with Gasteiger partial charge in [-0.3, -0.25) is 0 Å². The molecule has 0 aliphatic heterocycles. The molecular weight excluding hydrogens is 262 g/mol. The van der Waals surface area contributed by atoms with Gasteiger partial charge in [-0.15, -0.1) is 0 Å². The number of anilines is 1. The van der Waals surface area contributed by atoms with E-state index in [0.717, 1.165) is 31.0 Å². The standard InChI is InChI=1S/C17H21N3O/c1-3-7-14(8-4-1)21-12-11-18-17-15-9-5-2-6-10-16(15)19-13-20-17/h1,3-4,7-8,13H,2,5-6,9-12H2,(H,18,19,20).